The maximum Gasteiger partial charge on any atom is 0.251 e. The van der Waals surface area contributed by atoms with Gasteiger partial charge in [0.2, 0.25) is 0 Å². The topological polar surface area (TPSA) is 51.2 Å². The Morgan fingerprint density at radius 1 is 1.17 bits per heavy atom. The molecule has 0 aliphatic carbocycles. The number of benzene rings is 2. The van der Waals surface area contributed by atoms with E-state index in [2.05, 4.69) is 10.3 Å². The Hall–Kier alpha value is -2.88. The van der Waals surface area contributed by atoms with Gasteiger partial charge in [-0.1, -0.05) is 18.2 Å². The molecule has 0 aliphatic heterocycles. The molecular formula is C19H18N2O2. The van der Waals surface area contributed by atoms with Crippen LogP contribution in [0.25, 0.3) is 10.9 Å². The number of nitrogens with one attached hydrogen (secondary N) is 1. The molecule has 0 saturated carbocycles. The normalized spacial score (nSPS) is 10.5. The van der Waals surface area contributed by atoms with Crippen LogP contribution in [0.4, 0.5) is 0 Å². The molecule has 3 rings (SSSR count). The molecular weight excluding hydrogens is 288 g/mol. The molecule has 1 heterocycles. The Morgan fingerprint density at radius 3 is 2.83 bits per heavy atom. The summed E-state index contributed by atoms with van der Waals surface area (Å²) in [4.78, 5) is 16.6. The van der Waals surface area contributed by atoms with Crippen molar-refractivity contribution in [1.82, 2.24) is 10.3 Å². The number of carbonyl (C=O) groups excluding carboxylic acids is 1. The van der Waals surface area contributed by atoms with Gasteiger partial charge >= 0.3 is 0 Å². The number of rotatable bonds is 4. The molecule has 23 heavy (non-hydrogen) atoms. The number of amides is 1. The zero-order valence-electron chi connectivity index (χ0n) is 13.2. The van der Waals surface area contributed by atoms with Crippen molar-refractivity contribution >= 4 is 16.8 Å². The first kappa shape index (κ1) is 15.0. The van der Waals surface area contributed by atoms with Gasteiger partial charge in [-0.3, -0.25) is 9.78 Å². The van der Waals surface area contributed by atoms with Crippen LogP contribution in [-0.4, -0.2) is 18.0 Å². The molecule has 1 amide bonds. The SMILES string of the molecule is COc1ccc(CNC(=O)c2ccc3ncccc3c2)cc1C. The van der Waals surface area contributed by atoms with Gasteiger partial charge in [-0.25, -0.2) is 0 Å². The predicted octanol–water partition coefficient (Wildman–Crippen LogP) is 3.48. The molecule has 4 heteroatoms. The number of ether oxygens (including phenoxy) is 1. The van der Waals surface area contributed by atoms with Gasteiger partial charge in [0.15, 0.2) is 0 Å². The molecule has 3 aromatic rings. The number of pyridine rings is 1. The minimum absolute atomic E-state index is 0.0933. The van der Waals surface area contributed by atoms with E-state index in [0.29, 0.717) is 12.1 Å². The molecule has 0 saturated heterocycles. The molecule has 0 spiro atoms. The van der Waals surface area contributed by atoms with Crippen LogP contribution in [-0.2, 0) is 6.54 Å². The number of aromatic nitrogens is 1. The van der Waals surface area contributed by atoms with Gasteiger partial charge < -0.3 is 10.1 Å². The van der Waals surface area contributed by atoms with E-state index in [4.69, 9.17) is 4.74 Å². The third-order valence-corrected chi connectivity index (χ3v) is 3.78. The van der Waals surface area contributed by atoms with Crippen LogP contribution in [0.5, 0.6) is 5.75 Å². The summed E-state index contributed by atoms with van der Waals surface area (Å²) in [5.41, 5.74) is 3.61. The van der Waals surface area contributed by atoms with E-state index in [1.165, 1.54) is 0 Å². The summed E-state index contributed by atoms with van der Waals surface area (Å²) < 4.78 is 5.24. The first-order valence-electron chi connectivity index (χ1n) is 7.44. The minimum Gasteiger partial charge on any atom is -0.496 e. The zero-order chi connectivity index (χ0) is 16.2. The lowest BCUT2D eigenvalue weighted by molar-refractivity contribution is 0.0951. The number of aryl methyl sites for hydroxylation is 1. The van der Waals surface area contributed by atoms with Crippen molar-refractivity contribution in [2.45, 2.75) is 13.5 Å². The van der Waals surface area contributed by atoms with E-state index in [0.717, 1.165) is 27.8 Å². The van der Waals surface area contributed by atoms with Gasteiger partial charge in [0.25, 0.3) is 5.91 Å². The van der Waals surface area contributed by atoms with Gasteiger partial charge in [0, 0.05) is 23.7 Å². The van der Waals surface area contributed by atoms with Gasteiger partial charge in [-0.2, -0.15) is 0 Å². The highest BCUT2D eigenvalue weighted by Gasteiger charge is 2.07. The van der Waals surface area contributed by atoms with Crippen LogP contribution >= 0.6 is 0 Å². The molecule has 0 aliphatic rings. The van der Waals surface area contributed by atoms with E-state index in [1.54, 1.807) is 19.4 Å². The molecule has 4 nitrogen and oxygen atoms in total. The molecule has 1 aromatic heterocycles. The van der Waals surface area contributed by atoms with Gasteiger partial charge in [0.05, 0.1) is 12.6 Å². The Labute approximate surface area is 135 Å². The van der Waals surface area contributed by atoms with E-state index >= 15 is 0 Å². The molecule has 2 aromatic carbocycles. The van der Waals surface area contributed by atoms with Crippen LogP contribution in [0.1, 0.15) is 21.5 Å². The number of carbonyl (C=O) groups is 1. The van der Waals surface area contributed by atoms with Crippen LogP contribution in [0.3, 0.4) is 0 Å². The lowest BCUT2D eigenvalue weighted by Gasteiger charge is -2.09. The van der Waals surface area contributed by atoms with Gasteiger partial charge in [-0.05, 0) is 48.4 Å². The first-order chi connectivity index (χ1) is 11.2. The Morgan fingerprint density at radius 2 is 2.04 bits per heavy atom. The van der Waals surface area contributed by atoms with Crippen molar-refractivity contribution in [2.24, 2.45) is 0 Å². The van der Waals surface area contributed by atoms with E-state index in [-0.39, 0.29) is 5.91 Å². The molecule has 0 unspecified atom stereocenters. The summed E-state index contributed by atoms with van der Waals surface area (Å²) in [6, 6.07) is 15.2. The average Bonchev–Trinajstić information content (AvgIpc) is 2.59. The number of methoxy groups -OCH3 is 1. The molecule has 116 valence electrons. The highest BCUT2D eigenvalue weighted by Crippen LogP contribution is 2.18. The molecule has 0 atom stereocenters. The summed E-state index contributed by atoms with van der Waals surface area (Å²) in [6.45, 7) is 2.47. The van der Waals surface area contributed by atoms with Crippen molar-refractivity contribution in [1.29, 1.82) is 0 Å². The van der Waals surface area contributed by atoms with Crippen molar-refractivity contribution in [3.05, 3.63) is 71.4 Å². The highest BCUT2D eigenvalue weighted by molar-refractivity contribution is 5.97. The van der Waals surface area contributed by atoms with E-state index in [1.807, 2.05) is 49.4 Å². The Bertz CT molecular complexity index is 859. The van der Waals surface area contributed by atoms with E-state index < -0.39 is 0 Å². The predicted molar refractivity (Wildman–Crippen MR) is 90.6 cm³/mol. The third-order valence-electron chi connectivity index (χ3n) is 3.78. The Kier molecular flexibility index (Phi) is 4.24. The van der Waals surface area contributed by atoms with E-state index in [9.17, 15) is 4.79 Å². The molecule has 0 radical (unpaired) electrons. The summed E-state index contributed by atoms with van der Waals surface area (Å²) in [6.07, 6.45) is 1.74. The molecule has 1 N–H and O–H groups in total. The smallest absolute Gasteiger partial charge is 0.251 e. The molecule has 0 fully saturated rings. The number of fused-ring (bicyclic) bond motifs is 1. The maximum atomic E-state index is 12.3. The molecule has 0 bridgehead atoms. The highest BCUT2D eigenvalue weighted by atomic mass is 16.5. The zero-order valence-corrected chi connectivity index (χ0v) is 13.2. The second-order valence-electron chi connectivity index (χ2n) is 5.40. The van der Waals surface area contributed by atoms with Crippen LogP contribution in [0.15, 0.2) is 54.7 Å². The standard InChI is InChI=1S/C19H18N2O2/c1-13-10-14(5-8-18(13)23-2)12-21-19(22)16-6-7-17-15(11-16)4-3-9-20-17/h3-11H,12H2,1-2H3,(H,21,22). The fourth-order valence-corrected chi connectivity index (χ4v) is 2.55. The number of hydrogen-bond acceptors (Lipinski definition) is 3. The number of hydrogen-bond donors (Lipinski definition) is 1. The maximum absolute atomic E-state index is 12.3. The third kappa shape index (κ3) is 3.31. The van der Waals surface area contributed by atoms with Crippen molar-refractivity contribution < 1.29 is 9.53 Å². The van der Waals surface area contributed by atoms with Crippen molar-refractivity contribution in [3.8, 4) is 5.75 Å². The van der Waals surface area contributed by atoms with Gasteiger partial charge in [-0.15, -0.1) is 0 Å². The van der Waals surface area contributed by atoms with Crippen molar-refractivity contribution in [2.75, 3.05) is 7.11 Å². The summed E-state index contributed by atoms with van der Waals surface area (Å²) in [5, 5.41) is 3.90. The monoisotopic (exact) mass is 306 g/mol. The summed E-state index contributed by atoms with van der Waals surface area (Å²) in [7, 11) is 1.65. The summed E-state index contributed by atoms with van der Waals surface area (Å²) >= 11 is 0. The lowest BCUT2D eigenvalue weighted by atomic mass is 10.1. The minimum atomic E-state index is -0.0933. The van der Waals surface area contributed by atoms with Crippen LogP contribution in [0.2, 0.25) is 0 Å². The fourth-order valence-electron chi connectivity index (χ4n) is 2.55. The second kappa shape index (κ2) is 6.48. The average molecular weight is 306 g/mol. The first-order valence-corrected chi connectivity index (χ1v) is 7.44. The Balaban J connectivity index is 1.72. The number of nitrogens with zero attached hydrogens (tertiary/aromatic N) is 1. The van der Waals surface area contributed by atoms with Crippen LogP contribution < -0.4 is 10.1 Å². The second-order valence-corrected chi connectivity index (χ2v) is 5.40. The lowest BCUT2D eigenvalue weighted by Crippen LogP contribution is -2.22. The largest absolute Gasteiger partial charge is 0.496 e. The van der Waals surface area contributed by atoms with Gasteiger partial charge in [0.1, 0.15) is 5.75 Å². The quantitative estimate of drug-likeness (QED) is 0.803. The fraction of sp³-hybridized carbons (Fsp3) is 0.158. The van der Waals surface area contributed by atoms with Crippen LogP contribution in [0, 0.1) is 6.92 Å². The van der Waals surface area contributed by atoms with Crippen molar-refractivity contribution in [3.63, 3.8) is 0 Å². The summed E-state index contributed by atoms with van der Waals surface area (Å²) in [5.74, 6) is 0.756.